The highest BCUT2D eigenvalue weighted by atomic mass is 16.5. The molecule has 2 aromatic rings. The van der Waals surface area contributed by atoms with E-state index in [1.807, 2.05) is 11.8 Å². The largest absolute Gasteiger partial charge is 0.439 e. The molecule has 2 aromatic heterocycles. The van der Waals surface area contributed by atoms with Crippen LogP contribution < -0.4 is 5.76 Å². The van der Waals surface area contributed by atoms with Crippen molar-refractivity contribution in [3.63, 3.8) is 0 Å². The molecule has 0 aliphatic carbocycles. The van der Waals surface area contributed by atoms with Gasteiger partial charge in [-0.1, -0.05) is 17.3 Å². The van der Waals surface area contributed by atoms with Crippen molar-refractivity contribution in [1.82, 2.24) is 30.0 Å². The van der Waals surface area contributed by atoms with Crippen LogP contribution in [0.4, 0.5) is 0 Å². The van der Waals surface area contributed by atoms with Gasteiger partial charge in [0.05, 0.1) is 12.2 Å². The number of H-pyrrole nitrogens is 1. The van der Waals surface area contributed by atoms with Crippen LogP contribution in [0.15, 0.2) is 15.5 Å². The summed E-state index contributed by atoms with van der Waals surface area (Å²) < 4.78 is 6.22. The lowest BCUT2D eigenvalue weighted by Crippen LogP contribution is -2.39. The second-order valence-electron chi connectivity index (χ2n) is 5.39. The van der Waals surface area contributed by atoms with Crippen LogP contribution in [0, 0.1) is 0 Å². The van der Waals surface area contributed by atoms with E-state index in [0.717, 1.165) is 32.4 Å². The van der Waals surface area contributed by atoms with Crippen LogP contribution in [0.2, 0.25) is 0 Å². The molecule has 1 fully saturated rings. The fraction of sp³-hybridized carbons (Fsp3) is 0.615. The molecule has 3 rings (SSSR count). The SMILES string of the molecule is CCCC(=O)N1CCC(n2cc(-c3noc(=O)[nH]3)nn2)CC1. The van der Waals surface area contributed by atoms with Crippen LogP contribution >= 0.6 is 0 Å². The monoisotopic (exact) mass is 306 g/mol. The van der Waals surface area contributed by atoms with Gasteiger partial charge in [-0.15, -0.1) is 5.10 Å². The first-order valence-corrected chi connectivity index (χ1v) is 7.43. The zero-order valence-electron chi connectivity index (χ0n) is 12.4. The van der Waals surface area contributed by atoms with Crippen molar-refractivity contribution >= 4 is 5.91 Å². The normalized spacial score (nSPS) is 16.1. The number of nitrogens with one attached hydrogen (secondary N) is 1. The molecule has 118 valence electrons. The predicted molar refractivity (Wildman–Crippen MR) is 75.9 cm³/mol. The first-order valence-electron chi connectivity index (χ1n) is 7.43. The highest BCUT2D eigenvalue weighted by Crippen LogP contribution is 2.23. The molecule has 0 aromatic carbocycles. The number of likely N-dealkylation sites (tertiary alicyclic amines) is 1. The molecule has 0 bridgehead atoms. The van der Waals surface area contributed by atoms with Gasteiger partial charge in [-0.25, -0.2) is 9.48 Å². The third-order valence-corrected chi connectivity index (χ3v) is 3.85. The average Bonchev–Trinajstić information content (AvgIpc) is 3.16. The molecule has 1 saturated heterocycles. The molecular weight excluding hydrogens is 288 g/mol. The van der Waals surface area contributed by atoms with Gasteiger partial charge in [0, 0.05) is 19.5 Å². The molecule has 9 nitrogen and oxygen atoms in total. The highest BCUT2D eigenvalue weighted by Gasteiger charge is 2.24. The standard InChI is InChI=1S/C13H18N6O3/c1-2-3-11(20)18-6-4-9(5-7-18)19-8-10(15-17-19)12-14-13(21)22-16-12/h8-9H,2-7H2,1H3,(H,14,16,21). The zero-order chi connectivity index (χ0) is 15.5. The predicted octanol–water partition coefficient (Wildman–Crippen LogP) is 0.585. The Bertz CT molecular complexity index is 694. The number of piperidine rings is 1. The molecule has 0 unspecified atom stereocenters. The van der Waals surface area contributed by atoms with Crippen LogP contribution in [0.1, 0.15) is 38.6 Å². The number of aromatic amines is 1. The van der Waals surface area contributed by atoms with Crippen LogP contribution in [0.3, 0.4) is 0 Å². The first kappa shape index (κ1) is 14.5. The van der Waals surface area contributed by atoms with Gasteiger partial charge in [0.25, 0.3) is 0 Å². The topological polar surface area (TPSA) is 110 Å². The summed E-state index contributed by atoms with van der Waals surface area (Å²) in [5.74, 6) is -0.125. The Morgan fingerprint density at radius 2 is 2.23 bits per heavy atom. The Kier molecular flexibility index (Phi) is 4.03. The Labute approximate surface area is 126 Å². The molecular formula is C13H18N6O3. The summed E-state index contributed by atoms with van der Waals surface area (Å²) in [6.45, 7) is 3.48. The Morgan fingerprint density at radius 3 is 2.86 bits per heavy atom. The number of amides is 1. The van der Waals surface area contributed by atoms with Crippen molar-refractivity contribution < 1.29 is 9.32 Å². The van der Waals surface area contributed by atoms with Crippen molar-refractivity contribution in [3.05, 3.63) is 16.7 Å². The van der Waals surface area contributed by atoms with Gasteiger partial charge >= 0.3 is 5.76 Å². The minimum absolute atomic E-state index is 0.200. The maximum Gasteiger partial charge on any atom is 0.439 e. The zero-order valence-corrected chi connectivity index (χ0v) is 12.4. The van der Waals surface area contributed by atoms with E-state index in [1.54, 1.807) is 10.9 Å². The van der Waals surface area contributed by atoms with Crippen molar-refractivity contribution in [2.45, 2.75) is 38.6 Å². The number of hydrogen-bond acceptors (Lipinski definition) is 6. The quantitative estimate of drug-likeness (QED) is 0.885. The molecule has 1 N–H and O–H groups in total. The molecule has 1 aliphatic rings. The van der Waals surface area contributed by atoms with Crippen LogP contribution in [-0.4, -0.2) is 49.0 Å². The summed E-state index contributed by atoms with van der Waals surface area (Å²) in [6.07, 6.45) is 4.90. The first-order chi connectivity index (χ1) is 10.7. The van der Waals surface area contributed by atoms with E-state index in [0.29, 0.717) is 12.1 Å². The molecule has 9 heteroatoms. The van der Waals surface area contributed by atoms with Gasteiger partial charge in [0.1, 0.15) is 0 Å². The minimum Gasteiger partial charge on any atom is -0.343 e. The van der Waals surface area contributed by atoms with Gasteiger partial charge in [-0.3, -0.25) is 14.3 Å². The smallest absolute Gasteiger partial charge is 0.343 e. The summed E-state index contributed by atoms with van der Waals surface area (Å²) in [6, 6.07) is 0.200. The van der Waals surface area contributed by atoms with Gasteiger partial charge < -0.3 is 4.90 Å². The summed E-state index contributed by atoms with van der Waals surface area (Å²) >= 11 is 0. The van der Waals surface area contributed by atoms with E-state index in [9.17, 15) is 9.59 Å². The Balaban J connectivity index is 1.63. The van der Waals surface area contributed by atoms with Crippen LogP contribution in [0.5, 0.6) is 0 Å². The van der Waals surface area contributed by atoms with Gasteiger partial charge in [0.2, 0.25) is 11.7 Å². The van der Waals surface area contributed by atoms with E-state index < -0.39 is 5.76 Å². The van der Waals surface area contributed by atoms with E-state index in [-0.39, 0.29) is 17.8 Å². The number of rotatable bonds is 4. The molecule has 0 radical (unpaired) electrons. The molecule has 0 atom stereocenters. The lowest BCUT2D eigenvalue weighted by Gasteiger charge is -2.31. The van der Waals surface area contributed by atoms with Crippen molar-refractivity contribution in [2.24, 2.45) is 0 Å². The van der Waals surface area contributed by atoms with Crippen molar-refractivity contribution in [2.75, 3.05) is 13.1 Å². The molecule has 0 spiro atoms. The van der Waals surface area contributed by atoms with Crippen molar-refractivity contribution in [1.29, 1.82) is 0 Å². The average molecular weight is 306 g/mol. The second kappa shape index (κ2) is 6.12. The summed E-state index contributed by atoms with van der Waals surface area (Å²) in [4.78, 5) is 27.2. The molecule has 1 amide bonds. The third-order valence-electron chi connectivity index (χ3n) is 3.85. The van der Waals surface area contributed by atoms with Crippen LogP contribution in [0.25, 0.3) is 11.5 Å². The fourth-order valence-electron chi connectivity index (χ4n) is 2.66. The summed E-state index contributed by atoms with van der Waals surface area (Å²) in [7, 11) is 0. The van der Waals surface area contributed by atoms with Crippen LogP contribution in [-0.2, 0) is 4.79 Å². The fourth-order valence-corrected chi connectivity index (χ4v) is 2.66. The number of carbonyl (C=O) groups excluding carboxylic acids is 1. The maximum atomic E-state index is 11.9. The number of hydrogen-bond donors (Lipinski definition) is 1. The number of carbonyl (C=O) groups is 1. The Hall–Kier alpha value is -2.45. The minimum atomic E-state index is -0.618. The van der Waals surface area contributed by atoms with E-state index in [2.05, 4.69) is 25.0 Å². The van der Waals surface area contributed by atoms with Crippen molar-refractivity contribution in [3.8, 4) is 11.5 Å². The molecule has 0 saturated carbocycles. The van der Waals surface area contributed by atoms with E-state index in [1.165, 1.54) is 0 Å². The van der Waals surface area contributed by atoms with E-state index >= 15 is 0 Å². The molecule has 3 heterocycles. The summed E-state index contributed by atoms with van der Waals surface area (Å²) in [5.41, 5.74) is 0.468. The number of aromatic nitrogens is 5. The van der Waals surface area contributed by atoms with E-state index in [4.69, 9.17) is 0 Å². The summed E-state index contributed by atoms with van der Waals surface area (Å²) in [5, 5.41) is 11.7. The van der Waals surface area contributed by atoms with Gasteiger partial charge in [-0.2, -0.15) is 0 Å². The second-order valence-corrected chi connectivity index (χ2v) is 5.39. The Morgan fingerprint density at radius 1 is 1.45 bits per heavy atom. The lowest BCUT2D eigenvalue weighted by atomic mass is 10.0. The maximum absolute atomic E-state index is 11.9. The lowest BCUT2D eigenvalue weighted by molar-refractivity contribution is -0.132. The van der Waals surface area contributed by atoms with Gasteiger partial charge in [-0.05, 0) is 19.3 Å². The number of nitrogens with zero attached hydrogens (tertiary/aromatic N) is 5. The third kappa shape index (κ3) is 2.92. The highest BCUT2D eigenvalue weighted by molar-refractivity contribution is 5.76. The van der Waals surface area contributed by atoms with Gasteiger partial charge in [0.15, 0.2) is 5.69 Å². The molecule has 22 heavy (non-hydrogen) atoms. The molecule has 1 aliphatic heterocycles.